The van der Waals surface area contributed by atoms with Gasteiger partial charge in [0.25, 0.3) is 5.69 Å². The number of nitrogens with one attached hydrogen (secondary N) is 1. The van der Waals surface area contributed by atoms with Gasteiger partial charge in [0.1, 0.15) is 0 Å². The van der Waals surface area contributed by atoms with Crippen molar-refractivity contribution in [2.45, 2.75) is 45.6 Å². The van der Waals surface area contributed by atoms with Crippen LogP contribution in [0.4, 0.5) is 5.69 Å². The molecule has 0 fully saturated rings. The fraction of sp³-hybridized carbons (Fsp3) is 0.625. The average Bonchev–Trinajstić information content (AvgIpc) is 2.50. The molecule has 5 nitrogen and oxygen atoms in total. The number of nitrogens with zero attached hydrogens (tertiary/aromatic N) is 1. The molecule has 1 aromatic rings. The summed E-state index contributed by atoms with van der Waals surface area (Å²) in [5.41, 5.74) is 0.749. The van der Waals surface area contributed by atoms with Crippen molar-refractivity contribution in [2.24, 2.45) is 5.92 Å². The summed E-state index contributed by atoms with van der Waals surface area (Å²) < 4.78 is 0. The van der Waals surface area contributed by atoms with Crippen LogP contribution in [0.15, 0.2) is 24.3 Å². The third-order valence-electron chi connectivity index (χ3n) is 3.80. The molecule has 0 saturated carbocycles. The van der Waals surface area contributed by atoms with E-state index in [1.165, 1.54) is 31.4 Å². The Kier molecular flexibility index (Phi) is 7.93. The number of hydrogen-bond acceptors (Lipinski definition) is 4. The monoisotopic (exact) mass is 294 g/mol. The predicted octanol–water partition coefficient (Wildman–Crippen LogP) is 3.43. The van der Waals surface area contributed by atoms with E-state index in [0.29, 0.717) is 18.0 Å². The summed E-state index contributed by atoms with van der Waals surface area (Å²) in [6, 6.07) is 6.07. The highest BCUT2D eigenvalue weighted by Crippen LogP contribution is 2.17. The lowest BCUT2D eigenvalue weighted by Gasteiger charge is -2.17. The zero-order valence-corrected chi connectivity index (χ0v) is 12.9. The Bertz CT molecular complexity index is 420. The summed E-state index contributed by atoms with van der Waals surface area (Å²) in [6.45, 7) is 5.76. The van der Waals surface area contributed by atoms with Gasteiger partial charge in [0.05, 0.1) is 11.0 Å². The standard InChI is InChI=1S/C16H26N2O3/c1-3-5-6-13(4-2)11-17-12-16(19)14-7-9-15(10-8-14)18(20)21/h7-10,13,16-17,19H,3-6,11-12H2,1-2H3. The summed E-state index contributed by atoms with van der Waals surface area (Å²) in [7, 11) is 0. The maximum absolute atomic E-state index is 10.6. The van der Waals surface area contributed by atoms with Gasteiger partial charge in [-0.25, -0.2) is 0 Å². The lowest BCUT2D eigenvalue weighted by Crippen LogP contribution is -2.27. The molecular formula is C16H26N2O3. The third kappa shape index (κ3) is 6.23. The maximum Gasteiger partial charge on any atom is 0.269 e. The molecule has 0 heterocycles. The molecule has 5 heteroatoms. The van der Waals surface area contributed by atoms with E-state index in [1.54, 1.807) is 12.1 Å². The topological polar surface area (TPSA) is 75.4 Å². The first kappa shape index (κ1) is 17.6. The lowest BCUT2D eigenvalue weighted by molar-refractivity contribution is -0.384. The van der Waals surface area contributed by atoms with Gasteiger partial charge in [0.2, 0.25) is 0 Å². The van der Waals surface area contributed by atoms with Crippen molar-refractivity contribution >= 4 is 5.69 Å². The number of unbranched alkanes of at least 4 members (excludes halogenated alkanes) is 1. The molecule has 21 heavy (non-hydrogen) atoms. The molecule has 2 unspecified atom stereocenters. The number of aliphatic hydroxyl groups is 1. The molecule has 0 aliphatic heterocycles. The number of aliphatic hydroxyl groups excluding tert-OH is 1. The van der Waals surface area contributed by atoms with E-state index in [-0.39, 0.29) is 5.69 Å². The number of nitro benzene ring substituents is 1. The van der Waals surface area contributed by atoms with Crippen molar-refractivity contribution in [3.05, 3.63) is 39.9 Å². The van der Waals surface area contributed by atoms with Gasteiger partial charge in [-0.1, -0.05) is 33.1 Å². The second kappa shape index (κ2) is 9.47. The minimum atomic E-state index is -0.630. The molecule has 1 aromatic carbocycles. The van der Waals surface area contributed by atoms with Crippen LogP contribution in [-0.4, -0.2) is 23.1 Å². The fourth-order valence-corrected chi connectivity index (χ4v) is 2.30. The smallest absolute Gasteiger partial charge is 0.269 e. The lowest BCUT2D eigenvalue weighted by atomic mass is 9.99. The predicted molar refractivity (Wildman–Crippen MR) is 84.2 cm³/mol. The molecule has 0 saturated heterocycles. The SMILES string of the molecule is CCCCC(CC)CNCC(O)c1ccc([N+](=O)[O-])cc1. The van der Waals surface area contributed by atoms with Gasteiger partial charge in [0, 0.05) is 18.7 Å². The minimum absolute atomic E-state index is 0.0459. The molecule has 0 aliphatic carbocycles. The van der Waals surface area contributed by atoms with Crippen LogP contribution >= 0.6 is 0 Å². The van der Waals surface area contributed by atoms with E-state index in [0.717, 1.165) is 13.0 Å². The molecule has 2 N–H and O–H groups in total. The van der Waals surface area contributed by atoms with E-state index in [4.69, 9.17) is 0 Å². The molecule has 118 valence electrons. The first-order chi connectivity index (χ1) is 10.1. The van der Waals surface area contributed by atoms with Crippen molar-refractivity contribution < 1.29 is 10.0 Å². The highest BCUT2D eigenvalue weighted by atomic mass is 16.6. The van der Waals surface area contributed by atoms with Gasteiger partial charge in [0.15, 0.2) is 0 Å². The number of rotatable bonds is 10. The van der Waals surface area contributed by atoms with Crippen molar-refractivity contribution in [2.75, 3.05) is 13.1 Å². The largest absolute Gasteiger partial charge is 0.387 e. The highest BCUT2D eigenvalue weighted by Gasteiger charge is 2.11. The van der Waals surface area contributed by atoms with Gasteiger partial charge >= 0.3 is 0 Å². The summed E-state index contributed by atoms with van der Waals surface area (Å²) in [6.07, 6.45) is 4.18. The normalized spacial score (nSPS) is 13.9. The first-order valence-electron chi connectivity index (χ1n) is 7.71. The van der Waals surface area contributed by atoms with Gasteiger partial charge in [-0.05, 0) is 36.6 Å². The van der Waals surface area contributed by atoms with Gasteiger partial charge < -0.3 is 10.4 Å². The maximum atomic E-state index is 10.6. The molecular weight excluding hydrogens is 268 g/mol. The fourth-order valence-electron chi connectivity index (χ4n) is 2.30. The van der Waals surface area contributed by atoms with Gasteiger partial charge in [-0.15, -0.1) is 0 Å². The van der Waals surface area contributed by atoms with Gasteiger partial charge in [-0.2, -0.15) is 0 Å². The average molecular weight is 294 g/mol. The van der Waals surface area contributed by atoms with Crippen molar-refractivity contribution in [3.8, 4) is 0 Å². The molecule has 0 aromatic heterocycles. The highest BCUT2D eigenvalue weighted by molar-refractivity contribution is 5.33. The Hall–Kier alpha value is -1.46. The summed E-state index contributed by atoms with van der Waals surface area (Å²) >= 11 is 0. The Labute approximate surface area is 126 Å². The van der Waals surface area contributed by atoms with Crippen molar-refractivity contribution in [1.29, 1.82) is 0 Å². The Morgan fingerprint density at radius 3 is 2.43 bits per heavy atom. The number of non-ortho nitro benzene ring substituents is 1. The summed E-state index contributed by atoms with van der Waals surface area (Å²) in [5.74, 6) is 0.647. The van der Waals surface area contributed by atoms with Crippen LogP contribution < -0.4 is 5.32 Å². The second-order valence-electron chi connectivity index (χ2n) is 5.44. The molecule has 0 radical (unpaired) electrons. The minimum Gasteiger partial charge on any atom is -0.387 e. The molecule has 0 aliphatic rings. The summed E-state index contributed by atoms with van der Waals surface area (Å²) in [5, 5.41) is 24.0. The van der Waals surface area contributed by atoms with E-state index in [1.807, 2.05) is 0 Å². The second-order valence-corrected chi connectivity index (χ2v) is 5.44. The van der Waals surface area contributed by atoms with E-state index in [2.05, 4.69) is 19.2 Å². The number of hydrogen-bond donors (Lipinski definition) is 2. The molecule has 2 atom stereocenters. The van der Waals surface area contributed by atoms with Gasteiger partial charge in [-0.3, -0.25) is 10.1 Å². The molecule has 0 bridgehead atoms. The molecule has 1 rings (SSSR count). The van der Waals surface area contributed by atoms with Crippen LogP contribution in [0, 0.1) is 16.0 Å². The zero-order valence-electron chi connectivity index (χ0n) is 12.9. The molecule has 0 amide bonds. The van der Waals surface area contributed by atoms with Crippen LogP contribution in [-0.2, 0) is 0 Å². The van der Waals surface area contributed by atoms with Crippen LogP contribution in [0.3, 0.4) is 0 Å². The van der Waals surface area contributed by atoms with E-state index < -0.39 is 11.0 Å². The Balaban J connectivity index is 2.38. The van der Waals surface area contributed by atoms with E-state index >= 15 is 0 Å². The van der Waals surface area contributed by atoms with Crippen LogP contribution in [0.2, 0.25) is 0 Å². The van der Waals surface area contributed by atoms with Crippen LogP contribution in [0.5, 0.6) is 0 Å². The van der Waals surface area contributed by atoms with Crippen molar-refractivity contribution in [3.63, 3.8) is 0 Å². The summed E-state index contributed by atoms with van der Waals surface area (Å²) in [4.78, 5) is 10.1. The zero-order chi connectivity index (χ0) is 15.7. The third-order valence-corrected chi connectivity index (χ3v) is 3.80. The number of benzene rings is 1. The van der Waals surface area contributed by atoms with Crippen molar-refractivity contribution in [1.82, 2.24) is 5.32 Å². The van der Waals surface area contributed by atoms with Crippen LogP contribution in [0.1, 0.15) is 51.2 Å². The number of nitro groups is 1. The Morgan fingerprint density at radius 1 is 1.24 bits per heavy atom. The quantitative estimate of drug-likeness (QED) is 0.512. The first-order valence-corrected chi connectivity index (χ1v) is 7.71. The molecule has 0 spiro atoms. The van der Waals surface area contributed by atoms with E-state index in [9.17, 15) is 15.2 Å². The Morgan fingerprint density at radius 2 is 1.90 bits per heavy atom. The van der Waals surface area contributed by atoms with Crippen LogP contribution in [0.25, 0.3) is 0 Å².